The summed E-state index contributed by atoms with van der Waals surface area (Å²) in [5.41, 5.74) is -3.27. The van der Waals surface area contributed by atoms with Crippen LogP contribution in [0.15, 0.2) is 25.3 Å². The Morgan fingerprint density at radius 1 is 0.776 bits per heavy atom. The van der Waals surface area contributed by atoms with Gasteiger partial charge in [-0.2, -0.15) is 25.4 Å². The van der Waals surface area contributed by atoms with Gasteiger partial charge in [0.25, 0.3) is 10.2 Å². The van der Waals surface area contributed by atoms with Gasteiger partial charge >= 0.3 is 28.1 Å². The Kier molecular flexibility index (Phi) is 13.8. The minimum Gasteiger partial charge on any atom is -0.481 e. The molecule has 280 valence electrons. The number of nitrogens with zero attached hydrogens (tertiary/aromatic N) is 2. The van der Waals surface area contributed by atoms with Crippen LogP contribution in [0, 0.1) is 22.7 Å². The van der Waals surface area contributed by atoms with Crippen molar-refractivity contribution in [2.75, 3.05) is 26.2 Å². The summed E-state index contributed by atoms with van der Waals surface area (Å²) in [7, 11) is -7.23. The van der Waals surface area contributed by atoms with E-state index >= 15 is 0 Å². The summed E-state index contributed by atoms with van der Waals surface area (Å²) in [6.07, 6.45) is 7.29. The highest BCUT2D eigenvalue weighted by molar-refractivity contribution is 7.87. The van der Waals surface area contributed by atoms with Crippen LogP contribution >= 0.6 is 0 Å². The van der Waals surface area contributed by atoms with Crippen LogP contribution in [0.5, 0.6) is 0 Å². The van der Waals surface area contributed by atoms with Gasteiger partial charge in [-0.3, -0.25) is 19.2 Å². The molecule has 0 aromatic heterocycles. The van der Waals surface area contributed by atoms with Crippen LogP contribution in [0.2, 0.25) is 0 Å². The zero-order valence-corrected chi connectivity index (χ0v) is 31.2. The Hall–Kier alpha value is -2.86. The fourth-order valence-corrected chi connectivity index (χ4v) is 7.85. The summed E-state index contributed by atoms with van der Waals surface area (Å²) >= 11 is 0. The number of hydrogen-bond donors (Lipinski definition) is 3. The van der Waals surface area contributed by atoms with E-state index in [2.05, 4.69) is 17.9 Å². The third-order valence-electron chi connectivity index (χ3n) is 8.53. The molecule has 2 saturated heterocycles. The lowest BCUT2D eigenvalue weighted by molar-refractivity contribution is -0.161. The fraction of sp³-hybridized carbons (Fsp3) is 0.750. The van der Waals surface area contributed by atoms with Crippen molar-refractivity contribution >= 4 is 44.2 Å². The van der Waals surface area contributed by atoms with Gasteiger partial charge in [-0.1, -0.05) is 12.2 Å². The van der Waals surface area contributed by atoms with E-state index < -0.39 is 66.3 Å². The zero-order valence-electron chi connectivity index (χ0n) is 29.5. The van der Waals surface area contributed by atoms with Crippen molar-refractivity contribution in [2.24, 2.45) is 27.8 Å². The van der Waals surface area contributed by atoms with Gasteiger partial charge in [0.05, 0.1) is 23.7 Å². The van der Waals surface area contributed by atoms with E-state index in [1.807, 2.05) is 0 Å². The van der Waals surface area contributed by atoms with Crippen LogP contribution in [0.1, 0.15) is 92.9 Å². The van der Waals surface area contributed by atoms with Crippen molar-refractivity contribution in [3.63, 3.8) is 0 Å². The average Bonchev–Trinajstić information content (AvgIpc) is 3.55. The number of nitrogens with one attached hydrogen (secondary N) is 1. The maximum atomic E-state index is 12.6. The highest BCUT2D eigenvalue weighted by atomic mass is 32.2. The smallest absolute Gasteiger partial charge is 0.310 e. The molecular formula is C32H54N4O11S2. The number of hydrogen-bond acceptors (Lipinski definition) is 10. The first-order valence-corrected chi connectivity index (χ1v) is 19.3. The van der Waals surface area contributed by atoms with Gasteiger partial charge in [-0.05, 0) is 91.9 Å². The first-order valence-electron chi connectivity index (χ1n) is 16.3. The topological polar surface area (TPSA) is 220 Å². The molecule has 4 atom stereocenters. The molecule has 17 heteroatoms. The van der Waals surface area contributed by atoms with Gasteiger partial charge in [0.2, 0.25) is 5.91 Å². The third-order valence-corrected chi connectivity index (χ3v) is 11.1. The van der Waals surface area contributed by atoms with Gasteiger partial charge < -0.3 is 14.6 Å². The van der Waals surface area contributed by atoms with Crippen LogP contribution in [0.3, 0.4) is 0 Å². The summed E-state index contributed by atoms with van der Waals surface area (Å²) in [5, 5.41) is 13.9. The average molecular weight is 735 g/mol. The summed E-state index contributed by atoms with van der Waals surface area (Å²) in [4.78, 5) is 47.4. The third kappa shape index (κ3) is 12.5. The summed E-state index contributed by atoms with van der Waals surface area (Å²) in [6.45, 7) is 19.8. The minimum absolute atomic E-state index is 0.0731. The lowest BCUT2D eigenvalue weighted by Gasteiger charge is -2.23. The number of ether oxygens (including phenoxy) is 2. The van der Waals surface area contributed by atoms with Gasteiger partial charge in [0.15, 0.2) is 0 Å². The molecule has 2 saturated carbocycles. The molecule has 4 N–H and O–H groups in total. The van der Waals surface area contributed by atoms with E-state index in [1.54, 1.807) is 53.7 Å². The Labute approximate surface area is 291 Å². The molecule has 15 nitrogen and oxygen atoms in total. The first-order chi connectivity index (χ1) is 22.3. The SMILES string of the molecule is C=C[C@@H]1C[C@]1(CC(=O)OC(C)(C)C)C(=O)NS(=O)(=O)N1CCCC1.C=C[C@@H]1C[C@]1(CC(=O)OC(C)(C)C)C(=O)O.NS(=O)(=O)N1CCCC1. The largest absolute Gasteiger partial charge is 0.481 e. The Morgan fingerprint density at radius 3 is 1.45 bits per heavy atom. The second kappa shape index (κ2) is 16.0. The Bertz CT molecular complexity index is 1470. The summed E-state index contributed by atoms with van der Waals surface area (Å²) in [5.74, 6) is -2.90. The first kappa shape index (κ1) is 42.3. The highest BCUT2D eigenvalue weighted by Gasteiger charge is 2.61. The molecule has 4 rings (SSSR count). The van der Waals surface area contributed by atoms with Crippen molar-refractivity contribution in [1.29, 1.82) is 0 Å². The number of aliphatic carboxylic acids is 1. The van der Waals surface area contributed by atoms with Crippen LogP contribution in [0.25, 0.3) is 0 Å². The maximum Gasteiger partial charge on any atom is 0.310 e. The van der Waals surface area contributed by atoms with E-state index in [0.29, 0.717) is 39.0 Å². The van der Waals surface area contributed by atoms with Crippen LogP contribution in [-0.4, -0.2) is 91.7 Å². The molecule has 1 amide bonds. The van der Waals surface area contributed by atoms with E-state index in [0.717, 1.165) is 25.7 Å². The van der Waals surface area contributed by atoms with E-state index in [9.17, 15) is 36.0 Å². The fourth-order valence-electron chi connectivity index (χ4n) is 5.78. The molecule has 0 radical (unpaired) electrons. The molecule has 0 aromatic rings. The highest BCUT2D eigenvalue weighted by Crippen LogP contribution is 2.57. The standard InChI is InChI=1S/C16H26N2O5S.C12H18O4.C4H10N2O2S/c1-5-12-10-16(12,11-13(19)23-15(2,3)4)14(20)17-24(21,22)18-8-6-7-9-18;1-5-8-6-12(8,10(14)15)7-9(13)16-11(2,3)4;5-9(7,8)6-3-1-2-4-6/h5,12H,1,6-11H2,2-4H3,(H,17,20);5,8H,1,6-7H2,2-4H3,(H,14,15);1-4H2,(H2,5,7,8)/t12-,16-;8-,12-;/m11./s1. The normalized spacial score (nSPS) is 26.9. The number of carbonyl (C=O) groups excluding carboxylic acids is 3. The van der Waals surface area contributed by atoms with Gasteiger partial charge in [0.1, 0.15) is 11.2 Å². The summed E-state index contributed by atoms with van der Waals surface area (Å²) in [6, 6.07) is 0. The number of nitrogens with two attached hydrogens (primary N) is 1. The molecule has 2 heterocycles. The lowest BCUT2D eigenvalue weighted by atomic mass is 9.98. The lowest BCUT2D eigenvalue weighted by Crippen LogP contribution is -2.46. The number of allylic oxidation sites excluding steroid dienone is 2. The monoisotopic (exact) mass is 734 g/mol. The molecule has 0 aromatic carbocycles. The summed E-state index contributed by atoms with van der Waals surface area (Å²) < 4.78 is 60.7. The van der Waals surface area contributed by atoms with Crippen molar-refractivity contribution in [2.45, 2.75) is 104 Å². The molecule has 4 aliphatic rings. The zero-order chi connectivity index (χ0) is 37.6. The predicted octanol–water partition coefficient (Wildman–Crippen LogP) is 2.65. The number of rotatable bonds is 11. The second-order valence-corrected chi connectivity index (χ2v) is 18.1. The van der Waals surface area contributed by atoms with Gasteiger partial charge in [-0.15, -0.1) is 13.2 Å². The van der Waals surface area contributed by atoms with Crippen molar-refractivity contribution in [3.05, 3.63) is 25.3 Å². The van der Waals surface area contributed by atoms with E-state index in [1.165, 1.54) is 8.61 Å². The van der Waals surface area contributed by atoms with Gasteiger partial charge in [-0.25, -0.2) is 9.86 Å². The maximum absolute atomic E-state index is 12.6. The minimum atomic E-state index is -3.86. The molecule has 4 fully saturated rings. The van der Waals surface area contributed by atoms with Crippen molar-refractivity contribution in [1.82, 2.24) is 13.3 Å². The molecule has 2 aliphatic carbocycles. The molecule has 0 bridgehead atoms. The van der Waals surface area contributed by atoms with Crippen molar-refractivity contribution in [3.8, 4) is 0 Å². The number of carboxylic acid groups (broad SMARTS) is 1. The number of carboxylic acids is 1. The van der Waals surface area contributed by atoms with Crippen LogP contribution < -0.4 is 9.86 Å². The molecule has 49 heavy (non-hydrogen) atoms. The molecule has 0 spiro atoms. The Morgan fingerprint density at radius 2 is 1.14 bits per heavy atom. The Balaban J connectivity index is 0.000000285. The van der Waals surface area contributed by atoms with Crippen molar-refractivity contribution < 1.29 is 50.6 Å². The predicted molar refractivity (Wildman–Crippen MR) is 182 cm³/mol. The van der Waals surface area contributed by atoms with E-state index in [-0.39, 0.29) is 24.7 Å². The number of amides is 1. The van der Waals surface area contributed by atoms with Gasteiger partial charge in [0, 0.05) is 26.2 Å². The van der Waals surface area contributed by atoms with Crippen LogP contribution in [-0.2, 0) is 49.1 Å². The number of carbonyl (C=O) groups is 4. The quantitative estimate of drug-likeness (QED) is 0.207. The molecule has 2 aliphatic heterocycles. The van der Waals surface area contributed by atoms with Crippen LogP contribution in [0.4, 0.5) is 0 Å². The van der Waals surface area contributed by atoms with E-state index in [4.69, 9.17) is 19.7 Å². The molecular weight excluding hydrogens is 681 g/mol. The number of esters is 2. The second-order valence-electron chi connectivity index (χ2n) is 14.9. The molecule has 0 unspecified atom stereocenters.